The van der Waals surface area contributed by atoms with E-state index in [1.807, 2.05) is 18.2 Å². The van der Waals surface area contributed by atoms with Crippen molar-refractivity contribution in [2.75, 3.05) is 13.1 Å². The molecule has 0 radical (unpaired) electrons. The van der Waals surface area contributed by atoms with Crippen LogP contribution in [0.5, 0.6) is 0 Å². The first-order valence-electron chi connectivity index (χ1n) is 8.92. The number of imide groups is 1. The Labute approximate surface area is 150 Å². The molecule has 4 rings (SSSR count). The highest BCUT2D eigenvalue weighted by molar-refractivity contribution is 6.05. The molecule has 3 aliphatic rings. The lowest BCUT2D eigenvalue weighted by Gasteiger charge is -2.29. The number of amides is 3. The Balaban J connectivity index is 1.51. The molecule has 1 aromatic carbocycles. The molecule has 0 spiro atoms. The van der Waals surface area contributed by atoms with E-state index in [4.69, 9.17) is 0 Å². The molecule has 1 unspecified atom stereocenters. The Morgan fingerprint density at radius 2 is 2.08 bits per heavy atom. The van der Waals surface area contributed by atoms with Gasteiger partial charge < -0.3 is 20.6 Å². The number of nitrogens with one attached hydrogen (secondary N) is 3. The maximum Gasteiger partial charge on any atom is 0.255 e. The summed E-state index contributed by atoms with van der Waals surface area (Å²) in [6.07, 6.45) is 0.164. The number of carbonyl (C=O) groups excluding carboxylic acids is 3. The van der Waals surface area contributed by atoms with E-state index in [0.29, 0.717) is 38.2 Å². The number of carbonyl (C=O) groups is 3. The summed E-state index contributed by atoms with van der Waals surface area (Å²) in [7, 11) is 0. The standard InChI is InChI=1S/C18H22N4O4/c23-14-8-19-7-12(14)20-6-10-2-1-3-11-9-22(18(26)16(10)11)13-4-5-15(24)21-17(13)25/h1-3,12-14,19-20,23H,4-9H2,(H,21,24,25)/t12-,13?,14-/m1/s1. The number of nitrogens with zero attached hydrogens (tertiary/aromatic N) is 1. The molecule has 0 bridgehead atoms. The summed E-state index contributed by atoms with van der Waals surface area (Å²) in [5, 5.41) is 18.6. The third-order valence-corrected chi connectivity index (χ3v) is 5.38. The second-order valence-electron chi connectivity index (χ2n) is 7.06. The largest absolute Gasteiger partial charge is 0.390 e. The molecule has 8 nitrogen and oxygen atoms in total. The Bertz CT molecular complexity index is 766. The second kappa shape index (κ2) is 6.79. The number of hydrogen-bond acceptors (Lipinski definition) is 6. The fraction of sp³-hybridized carbons (Fsp3) is 0.500. The molecule has 0 aromatic heterocycles. The van der Waals surface area contributed by atoms with Gasteiger partial charge in [-0.15, -0.1) is 0 Å². The molecule has 0 aliphatic carbocycles. The summed E-state index contributed by atoms with van der Waals surface area (Å²) >= 11 is 0. The fourth-order valence-corrected chi connectivity index (χ4v) is 3.95. The van der Waals surface area contributed by atoms with Gasteiger partial charge in [0.05, 0.1) is 6.10 Å². The lowest BCUT2D eigenvalue weighted by molar-refractivity contribution is -0.136. The summed E-state index contributed by atoms with van der Waals surface area (Å²) < 4.78 is 0. The molecule has 1 aromatic rings. The van der Waals surface area contributed by atoms with Gasteiger partial charge in [0.2, 0.25) is 11.8 Å². The highest BCUT2D eigenvalue weighted by Gasteiger charge is 2.40. The maximum atomic E-state index is 13.0. The number of aliphatic hydroxyl groups excluding tert-OH is 1. The van der Waals surface area contributed by atoms with Crippen LogP contribution in [0, 0.1) is 0 Å². The second-order valence-corrected chi connectivity index (χ2v) is 7.06. The highest BCUT2D eigenvalue weighted by Crippen LogP contribution is 2.29. The molecule has 3 heterocycles. The smallest absolute Gasteiger partial charge is 0.255 e. The minimum absolute atomic E-state index is 0.0476. The van der Waals surface area contributed by atoms with Crippen LogP contribution in [-0.4, -0.2) is 59.0 Å². The molecule has 2 fully saturated rings. The summed E-state index contributed by atoms with van der Waals surface area (Å²) in [6, 6.07) is 5.05. The quantitative estimate of drug-likeness (QED) is 0.507. The molecular weight excluding hydrogens is 336 g/mol. The van der Waals surface area contributed by atoms with Crippen LogP contribution in [0.4, 0.5) is 0 Å². The molecule has 8 heteroatoms. The van der Waals surface area contributed by atoms with Gasteiger partial charge in [0.25, 0.3) is 5.91 Å². The molecule has 138 valence electrons. The predicted molar refractivity (Wildman–Crippen MR) is 92.0 cm³/mol. The minimum Gasteiger partial charge on any atom is -0.390 e. The summed E-state index contributed by atoms with van der Waals surface area (Å²) in [5.41, 5.74) is 2.38. The van der Waals surface area contributed by atoms with E-state index < -0.39 is 18.1 Å². The van der Waals surface area contributed by atoms with Crippen molar-refractivity contribution in [2.45, 2.75) is 44.1 Å². The van der Waals surface area contributed by atoms with Crippen molar-refractivity contribution in [1.29, 1.82) is 0 Å². The van der Waals surface area contributed by atoms with Crippen LogP contribution in [0.3, 0.4) is 0 Å². The summed E-state index contributed by atoms with van der Waals surface area (Å²) in [4.78, 5) is 38.0. The Morgan fingerprint density at radius 3 is 2.81 bits per heavy atom. The van der Waals surface area contributed by atoms with Crippen LogP contribution in [0.15, 0.2) is 18.2 Å². The molecule has 2 saturated heterocycles. The van der Waals surface area contributed by atoms with E-state index in [0.717, 1.165) is 11.1 Å². The van der Waals surface area contributed by atoms with Gasteiger partial charge in [0.15, 0.2) is 0 Å². The van der Waals surface area contributed by atoms with E-state index in [1.165, 1.54) is 0 Å². The van der Waals surface area contributed by atoms with E-state index in [1.54, 1.807) is 4.90 Å². The maximum absolute atomic E-state index is 13.0. The van der Waals surface area contributed by atoms with Crippen LogP contribution in [0.1, 0.15) is 34.3 Å². The van der Waals surface area contributed by atoms with Crippen molar-refractivity contribution in [3.05, 3.63) is 34.9 Å². The van der Waals surface area contributed by atoms with Crippen molar-refractivity contribution >= 4 is 17.7 Å². The normalized spacial score (nSPS) is 28.4. The van der Waals surface area contributed by atoms with Gasteiger partial charge >= 0.3 is 0 Å². The molecule has 3 amide bonds. The van der Waals surface area contributed by atoms with Crippen LogP contribution in [-0.2, 0) is 22.7 Å². The van der Waals surface area contributed by atoms with Gasteiger partial charge in [0, 0.05) is 44.2 Å². The molecule has 0 saturated carbocycles. The first-order chi connectivity index (χ1) is 12.5. The number of β-amino-alcohol motifs (C(OH)–C–C–N with tert-alkyl or cyclic N) is 1. The third-order valence-electron chi connectivity index (χ3n) is 5.38. The Kier molecular flexibility index (Phi) is 4.47. The van der Waals surface area contributed by atoms with Gasteiger partial charge in [-0.2, -0.15) is 0 Å². The summed E-state index contributed by atoms with van der Waals surface area (Å²) in [5.74, 6) is -0.858. The van der Waals surface area contributed by atoms with E-state index in [9.17, 15) is 19.5 Å². The number of hydrogen-bond donors (Lipinski definition) is 4. The van der Waals surface area contributed by atoms with E-state index in [-0.39, 0.29) is 24.3 Å². The predicted octanol–water partition coefficient (Wildman–Crippen LogP) is -1.13. The zero-order chi connectivity index (χ0) is 18.3. The lowest BCUT2D eigenvalue weighted by Crippen LogP contribution is -2.52. The number of fused-ring (bicyclic) bond motifs is 1. The van der Waals surface area contributed by atoms with Crippen LogP contribution < -0.4 is 16.0 Å². The average Bonchev–Trinajstić information content (AvgIpc) is 3.17. The lowest BCUT2D eigenvalue weighted by atomic mass is 10.0. The number of rotatable bonds is 4. The zero-order valence-electron chi connectivity index (χ0n) is 14.3. The van der Waals surface area contributed by atoms with E-state index in [2.05, 4.69) is 16.0 Å². The average molecular weight is 358 g/mol. The first kappa shape index (κ1) is 17.1. The SMILES string of the molecule is O=C1CCC(N2Cc3cccc(CN[C@@H]4CNC[C@H]4O)c3C2=O)C(=O)N1. The van der Waals surface area contributed by atoms with Gasteiger partial charge in [-0.25, -0.2) is 0 Å². The van der Waals surface area contributed by atoms with Crippen molar-refractivity contribution in [3.8, 4) is 0 Å². The monoisotopic (exact) mass is 358 g/mol. The number of piperidine rings is 1. The Hall–Kier alpha value is -2.29. The molecule has 3 aliphatic heterocycles. The minimum atomic E-state index is -0.603. The van der Waals surface area contributed by atoms with Gasteiger partial charge in [-0.1, -0.05) is 18.2 Å². The van der Waals surface area contributed by atoms with Crippen LogP contribution in [0.2, 0.25) is 0 Å². The van der Waals surface area contributed by atoms with Crippen molar-refractivity contribution in [1.82, 2.24) is 20.9 Å². The number of aliphatic hydroxyl groups is 1. The third kappa shape index (κ3) is 3.00. The fourth-order valence-electron chi connectivity index (χ4n) is 3.95. The van der Waals surface area contributed by atoms with Gasteiger partial charge in [-0.05, 0) is 17.5 Å². The van der Waals surface area contributed by atoms with Crippen LogP contribution >= 0.6 is 0 Å². The topological polar surface area (TPSA) is 111 Å². The van der Waals surface area contributed by atoms with Crippen molar-refractivity contribution < 1.29 is 19.5 Å². The van der Waals surface area contributed by atoms with Gasteiger partial charge in [-0.3, -0.25) is 19.7 Å². The van der Waals surface area contributed by atoms with Gasteiger partial charge in [0.1, 0.15) is 6.04 Å². The van der Waals surface area contributed by atoms with Crippen LogP contribution in [0.25, 0.3) is 0 Å². The highest BCUT2D eigenvalue weighted by atomic mass is 16.3. The molecule has 26 heavy (non-hydrogen) atoms. The summed E-state index contributed by atoms with van der Waals surface area (Å²) in [6.45, 7) is 2.10. The zero-order valence-corrected chi connectivity index (χ0v) is 14.3. The van der Waals surface area contributed by atoms with E-state index >= 15 is 0 Å². The van der Waals surface area contributed by atoms with Crippen molar-refractivity contribution in [3.63, 3.8) is 0 Å². The Morgan fingerprint density at radius 1 is 1.23 bits per heavy atom. The number of benzene rings is 1. The molecule has 4 N–H and O–H groups in total. The first-order valence-corrected chi connectivity index (χ1v) is 8.92. The van der Waals surface area contributed by atoms with Crippen molar-refractivity contribution in [2.24, 2.45) is 0 Å². The molecule has 3 atom stereocenters. The molecular formula is C18H22N4O4.